The molecule has 6 nitrogen and oxygen atoms in total. The number of ether oxygens (including phenoxy) is 1. The first kappa shape index (κ1) is 16.4. The molecule has 7 heteroatoms. The van der Waals surface area contributed by atoms with Crippen molar-refractivity contribution < 1.29 is 23.8 Å². The second kappa shape index (κ2) is 7.88. The number of nitrogens with one attached hydrogen (secondary N) is 1. The smallest absolute Gasteiger partial charge is 0.408 e. The molecule has 0 aliphatic carbocycles. The number of halogens is 1. The molecule has 23 heavy (non-hydrogen) atoms. The summed E-state index contributed by atoms with van der Waals surface area (Å²) in [6.45, 7) is 0.0588. The Balaban J connectivity index is 1.98. The van der Waals surface area contributed by atoms with Gasteiger partial charge < -0.3 is 15.2 Å². The van der Waals surface area contributed by atoms with Gasteiger partial charge in [0.15, 0.2) is 0 Å². The van der Waals surface area contributed by atoms with Crippen LogP contribution in [0.1, 0.15) is 23.7 Å². The number of hydrogen-bond acceptors (Lipinski definition) is 4. The summed E-state index contributed by atoms with van der Waals surface area (Å²) in [6.07, 6.45) is -0.202. The number of nitrogens with zero attached hydrogens (tertiary/aromatic N) is 1. The number of pyridine rings is 1. The first-order chi connectivity index (χ1) is 11.0. The van der Waals surface area contributed by atoms with Crippen LogP contribution in [0.2, 0.25) is 0 Å². The third-order valence-corrected chi connectivity index (χ3v) is 2.99. The lowest BCUT2D eigenvalue weighted by Gasteiger charge is -2.16. The van der Waals surface area contributed by atoms with Crippen molar-refractivity contribution in [2.24, 2.45) is 0 Å². The van der Waals surface area contributed by atoms with Gasteiger partial charge in [0.2, 0.25) is 0 Å². The van der Waals surface area contributed by atoms with E-state index in [0.29, 0.717) is 0 Å². The molecule has 0 fully saturated rings. The third-order valence-electron chi connectivity index (χ3n) is 2.99. The minimum absolute atomic E-state index is 0.0588. The highest BCUT2D eigenvalue weighted by atomic mass is 19.1. The summed E-state index contributed by atoms with van der Waals surface area (Å²) in [5.41, 5.74) is 1.04. The Bertz CT molecular complexity index is 662. The predicted octanol–water partition coefficient (Wildman–Crippen LogP) is 2.66. The number of aromatic nitrogens is 1. The van der Waals surface area contributed by atoms with E-state index < -0.39 is 23.9 Å². The molecule has 1 aromatic carbocycles. The molecule has 0 spiro atoms. The van der Waals surface area contributed by atoms with Gasteiger partial charge in [-0.3, -0.25) is 9.78 Å². The van der Waals surface area contributed by atoms with Crippen molar-refractivity contribution >= 4 is 12.1 Å². The summed E-state index contributed by atoms with van der Waals surface area (Å²) in [4.78, 5) is 26.5. The molecule has 0 saturated heterocycles. The number of carboxylic acids is 1. The van der Waals surface area contributed by atoms with Crippen LogP contribution >= 0.6 is 0 Å². The van der Waals surface area contributed by atoms with Gasteiger partial charge in [0.1, 0.15) is 12.4 Å². The molecule has 0 aliphatic heterocycles. The summed E-state index contributed by atoms with van der Waals surface area (Å²) >= 11 is 0. The minimum Gasteiger partial charge on any atom is -0.481 e. The van der Waals surface area contributed by atoms with Gasteiger partial charge in [-0.2, -0.15) is 0 Å². The van der Waals surface area contributed by atoms with E-state index in [2.05, 4.69) is 10.3 Å². The van der Waals surface area contributed by atoms with Crippen molar-refractivity contribution in [2.75, 3.05) is 0 Å². The standard InChI is InChI=1S/C16H15FN2O4/c17-12-6-7-13(18-9-12)14(8-15(20)21)19-16(22)23-10-11-4-2-1-3-5-11/h1-7,9,14H,8,10H2,(H,19,22)(H,20,21)/t14-/m1/s1. The lowest BCUT2D eigenvalue weighted by molar-refractivity contribution is -0.137. The van der Waals surface area contributed by atoms with E-state index >= 15 is 0 Å². The van der Waals surface area contributed by atoms with E-state index in [4.69, 9.17) is 9.84 Å². The first-order valence-electron chi connectivity index (χ1n) is 6.85. The molecule has 1 atom stereocenters. The third kappa shape index (κ3) is 5.39. The highest BCUT2D eigenvalue weighted by Gasteiger charge is 2.20. The van der Waals surface area contributed by atoms with E-state index in [1.54, 1.807) is 12.1 Å². The zero-order chi connectivity index (χ0) is 16.7. The fourth-order valence-corrected chi connectivity index (χ4v) is 1.90. The van der Waals surface area contributed by atoms with Crippen LogP contribution in [0.15, 0.2) is 48.7 Å². The van der Waals surface area contributed by atoms with Crippen molar-refractivity contribution in [3.8, 4) is 0 Å². The van der Waals surface area contributed by atoms with E-state index in [1.807, 2.05) is 18.2 Å². The van der Waals surface area contributed by atoms with E-state index in [0.717, 1.165) is 17.8 Å². The molecule has 0 bridgehead atoms. The number of carbonyl (C=O) groups is 2. The van der Waals surface area contributed by atoms with Crippen LogP contribution in [0.5, 0.6) is 0 Å². The van der Waals surface area contributed by atoms with Crippen LogP contribution in [-0.2, 0) is 16.1 Å². The van der Waals surface area contributed by atoms with Crippen molar-refractivity contribution in [3.05, 3.63) is 65.7 Å². The van der Waals surface area contributed by atoms with Crippen LogP contribution in [-0.4, -0.2) is 22.2 Å². The van der Waals surface area contributed by atoms with Gasteiger partial charge in [-0.1, -0.05) is 30.3 Å². The maximum absolute atomic E-state index is 12.9. The van der Waals surface area contributed by atoms with Gasteiger partial charge in [0.05, 0.1) is 24.4 Å². The maximum atomic E-state index is 12.9. The maximum Gasteiger partial charge on any atom is 0.408 e. The Hall–Kier alpha value is -2.96. The quantitative estimate of drug-likeness (QED) is 0.855. The van der Waals surface area contributed by atoms with Crippen LogP contribution in [0.25, 0.3) is 0 Å². The Morgan fingerprint density at radius 1 is 1.22 bits per heavy atom. The normalized spacial score (nSPS) is 11.5. The lowest BCUT2D eigenvalue weighted by Crippen LogP contribution is -2.31. The predicted molar refractivity (Wildman–Crippen MR) is 79.0 cm³/mol. The molecule has 0 saturated carbocycles. The van der Waals surface area contributed by atoms with Crippen molar-refractivity contribution in [1.82, 2.24) is 10.3 Å². The number of carboxylic acid groups (broad SMARTS) is 1. The fraction of sp³-hybridized carbons (Fsp3) is 0.188. The van der Waals surface area contributed by atoms with Crippen LogP contribution in [0.4, 0.5) is 9.18 Å². The number of hydrogen-bond donors (Lipinski definition) is 2. The molecule has 0 aliphatic rings. The molecule has 1 aromatic heterocycles. The van der Waals surface area contributed by atoms with E-state index in [9.17, 15) is 14.0 Å². The Labute approximate surface area is 131 Å². The molecule has 2 N–H and O–H groups in total. The van der Waals surface area contributed by atoms with E-state index in [1.165, 1.54) is 6.07 Å². The Morgan fingerprint density at radius 3 is 2.57 bits per heavy atom. The highest BCUT2D eigenvalue weighted by Crippen LogP contribution is 2.15. The summed E-state index contributed by atoms with van der Waals surface area (Å²) in [5, 5.41) is 11.4. The average Bonchev–Trinajstić information content (AvgIpc) is 2.53. The molecule has 120 valence electrons. The number of amides is 1. The Morgan fingerprint density at radius 2 is 1.96 bits per heavy atom. The average molecular weight is 318 g/mol. The van der Waals surface area contributed by atoms with Gasteiger partial charge in [0, 0.05) is 0 Å². The van der Waals surface area contributed by atoms with Crippen LogP contribution < -0.4 is 5.32 Å². The molecule has 1 heterocycles. The number of carbonyl (C=O) groups excluding carboxylic acids is 1. The summed E-state index contributed by atoms with van der Waals surface area (Å²) < 4.78 is 17.9. The highest BCUT2D eigenvalue weighted by molar-refractivity contribution is 5.71. The SMILES string of the molecule is O=C(O)C[C@@H](NC(=O)OCc1ccccc1)c1ccc(F)cn1. The van der Waals surface area contributed by atoms with Crippen LogP contribution in [0.3, 0.4) is 0 Å². The minimum atomic E-state index is -1.12. The zero-order valence-electron chi connectivity index (χ0n) is 12.1. The van der Waals surface area contributed by atoms with Crippen molar-refractivity contribution in [3.63, 3.8) is 0 Å². The second-order valence-electron chi connectivity index (χ2n) is 4.76. The zero-order valence-corrected chi connectivity index (χ0v) is 12.1. The number of benzene rings is 1. The molecule has 0 radical (unpaired) electrons. The van der Waals surface area contributed by atoms with E-state index in [-0.39, 0.29) is 18.7 Å². The number of aliphatic carboxylic acids is 1. The number of alkyl carbamates (subject to hydrolysis) is 1. The Kier molecular flexibility index (Phi) is 5.62. The topological polar surface area (TPSA) is 88.5 Å². The van der Waals surface area contributed by atoms with Gasteiger partial charge in [-0.25, -0.2) is 9.18 Å². The lowest BCUT2D eigenvalue weighted by atomic mass is 10.1. The molecular formula is C16H15FN2O4. The summed E-state index contributed by atoms with van der Waals surface area (Å²) in [5.74, 6) is -1.67. The fourth-order valence-electron chi connectivity index (χ4n) is 1.90. The second-order valence-corrected chi connectivity index (χ2v) is 4.76. The first-order valence-corrected chi connectivity index (χ1v) is 6.85. The van der Waals surface area contributed by atoms with Gasteiger partial charge in [0.25, 0.3) is 0 Å². The molecule has 2 rings (SSSR count). The molecule has 1 amide bonds. The molecular weight excluding hydrogens is 303 g/mol. The van der Waals surface area contributed by atoms with Gasteiger partial charge in [-0.15, -0.1) is 0 Å². The van der Waals surface area contributed by atoms with Crippen molar-refractivity contribution in [1.29, 1.82) is 0 Å². The van der Waals surface area contributed by atoms with Crippen LogP contribution in [0, 0.1) is 5.82 Å². The van der Waals surface area contributed by atoms with Gasteiger partial charge in [-0.05, 0) is 17.7 Å². The monoisotopic (exact) mass is 318 g/mol. The molecule has 0 unspecified atom stereocenters. The van der Waals surface area contributed by atoms with Gasteiger partial charge >= 0.3 is 12.1 Å². The largest absolute Gasteiger partial charge is 0.481 e. The summed E-state index contributed by atoms with van der Waals surface area (Å²) in [6, 6.07) is 10.6. The molecule has 2 aromatic rings. The number of rotatable bonds is 6. The van der Waals surface area contributed by atoms with Crippen molar-refractivity contribution in [2.45, 2.75) is 19.1 Å². The summed E-state index contributed by atoms with van der Waals surface area (Å²) in [7, 11) is 0.